The third-order valence-electron chi connectivity index (χ3n) is 5.15. The summed E-state index contributed by atoms with van der Waals surface area (Å²) >= 11 is 1.73. The molecule has 162 valence electrons. The lowest BCUT2D eigenvalue weighted by molar-refractivity contribution is -0.136. The van der Waals surface area contributed by atoms with E-state index in [0.717, 1.165) is 17.9 Å². The van der Waals surface area contributed by atoms with Crippen LogP contribution in [0.1, 0.15) is 23.4 Å². The standard InChI is InChI=1S/C23H30N2O4S/c1-4-11-24(14-17(2)26)15-23(27)25-12-9-22-20(10-13-30-22)21(25)16-29-19-7-5-18(28-3)6-8-19/h4-8,10,13,17,21,26H,1,9,11-12,14-16H2,2-3H3/t17-,21-/m1/s1. The van der Waals surface area contributed by atoms with E-state index in [0.29, 0.717) is 26.2 Å². The monoisotopic (exact) mass is 430 g/mol. The number of thiophene rings is 1. The molecule has 6 nitrogen and oxygen atoms in total. The Bertz CT molecular complexity index is 834. The highest BCUT2D eigenvalue weighted by Crippen LogP contribution is 2.34. The number of nitrogens with zero attached hydrogens (tertiary/aromatic N) is 2. The van der Waals surface area contributed by atoms with E-state index in [1.165, 1.54) is 10.4 Å². The number of benzene rings is 1. The van der Waals surface area contributed by atoms with Gasteiger partial charge in [0, 0.05) is 24.5 Å². The molecule has 1 aromatic heterocycles. The molecule has 0 saturated carbocycles. The molecule has 0 saturated heterocycles. The van der Waals surface area contributed by atoms with E-state index < -0.39 is 6.10 Å². The summed E-state index contributed by atoms with van der Waals surface area (Å²) in [5.74, 6) is 1.56. The lowest BCUT2D eigenvalue weighted by Gasteiger charge is -2.37. The lowest BCUT2D eigenvalue weighted by Crippen LogP contribution is -2.47. The molecular weight excluding hydrogens is 400 g/mol. The molecule has 3 rings (SSSR count). The first-order chi connectivity index (χ1) is 14.5. The molecule has 1 N–H and O–H groups in total. The average molecular weight is 431 g/mol. The highest BCUT2D eigenvalue weighted by atomic mass is 32.1. The Hall–Kier alpha value is -2.35. The summed E-state index contributed by atoms with van der Waals surface area (Å²) < 4.78 is 11.2. The summed E-state index contributed by atoms with van der Waals surface area (Å²) in [6, 6.07) is 9.43. The molecule has 0 spiro atoms. The van der Waals surface area contributed by atoms with Gasteiger partial charge in [0.15, 0.2) is 0 Å². The predicted octanol–water partition coefficient (Wildman–Crippen LogP) is 3.13. The molecular formula is C23H30N2O4S. The Labute approximate surface area is 182 Å². The largest absolute Gasteiger partial charge is 0.497 e. The van der Waals surface area contributed by atoms with Gasteiger partial charge in [-0.3, -0.25) is 9.69 Å². The molecule has 7 heteroatoms. The second-order valence-corrected chi connectivity index (χ2v) is 8.47. The maximum atomic E-state index is 13.2. The number of amides is 1. The SMILES string of the molecule is C=CCN(CC(=O)N1CCc2sccc2[C@H]1COc1ccc(OC)cc1)C[C@@H](C)O. The number of carbonyl (C=O) groups excluding carboxylic acids is 1. The summed E-state index contributed by atoms with van der Waals surface area (Å²) in [5, 5.41) is 11.8. The fourth-order valence-corrected chi connectivity index (χ4v) is 4.69. The minimum absolute atomic E-state index is 0.0395. The van der Waals surface area contributed by atoms with Gasteiger partial charge in [-0.2, -0.15) is 0 Å². The van der Waals surface area contributed by atoms with Crippen molar-refractivity contribution in [1.82, 2.24) is 9.80 Å². The number of ether oxygens (including phenoxy) is 2. The number of aliphatic hydroxyl groups is 1. The van der Waals surface area contributed by atoms with Gasteiger partial charge in [0.25, 0.3) is 0 Å². The molecule has 2 aromatic rings. The van der Waals surface area contributed by atoms with Gasteiger partial charge in [0.1, 0.15) is 18.1 Å². The minimum atomic E-state index is -0.503. The van der Waals surface area contributed by atoms with Gasteiger partial charge < -0.3 is 19.5 Å². The Morgan fingerprint density at radius 2 is 2.10 bits per heavy atom. The molecule has 1 amide bonds. The van der Waals surface area contributed by atoms with Crippen molar-refractivity contribution in [2.75, 3.05) is 39.9 Å². The number of hydrogen-bond donors (Lipinski definition) is 1. The van der Waals surface area contributed by atoms with Gasteiger partial charge in [0.2, 0.25) is 5.91 Å². The van der Waals surface area contributed by atoms with Gasteiger partial charge in [0.05, 0.1) is 25.8 Å². The third-order valence-corrected chi connectivity index (χ3v) is 6.15. The molecule has 0 aliphatic carbocycles. The van der Waals surface area contributed by atoms with Crippen LogP contribution in [-0.4, -0.2) is 66.8 Å². The molecule has 0 fully saturated rings. The second-order valence-electron chi connectivity index (χ2n) is 7.47. The van der Waals surface area contributed by atoms with Crippen LogP contribution in [0.25, 0.3) is 0 Å². The van der Waals surface area contributed by atoms with Crippen LogP contribution in [0.2, 0.25) is 0 Å². The Balaban J connectivity index is 1.72. The Morgan fingerprint density at radius 3 is 2.77 bits per heavy atom. The molecule has 1 aliphatic rings. The summed E-state index contributed by atoms with van der Waals surface area (Å²) in [7, 11) is 1.63. The first kappa shape index (κ1) is 22.3. The second kappa shape index (κ2) is 10.6. The van der Waals surface area contributed by atoms with Crippen LogP contribution >= 0.6 is 11.3 Å². The number of aliphatic hydroxyl groups excluding tert-OH is 1. The van der Waals surface area contributed by atoms with Gasteiger partial charge in [-0.15, -0.1) is 17.9 Å². The molecule has 0 bridgehead atoms. The first-order valence-electron chi connectivity index (χ1n) is 10.2. The van der Waals surface area contributed by atoms with Crippen molar-refractivity contribution in [3.63, 3.8) is 0 Å². The van der Waals surface area contributed by atoms with Crippen molar-refractivity contribution in [2.45, 2.75) is 25.5 Å². The van der Waals surface area contributed by atoms with E-state index in [-0.39, 0.29) is 18.5 Å². The summed E-state index contributed by atoms with van der Waals surface area (Å²) in [6.45, 7) is 7.78. The van der Waals surface area contributed by atoms with Gasteiger partial charge in [-0.05, 0) is 54.6 Å². The fraction of sp³-hybridized carbons (Fsp3) is 0.435. The van der Waals surface area contributed by atoms with E-state index >= 15 is 0 Å². The third kappa shape index (κ3) is 5.62. The Morgan fingerprint density at radius 1 is 1.37 bits per heavy atom. The topological polar surface area (TPSA) is 62.2 Å². The van der Waals surface area contributed by atoms with Crippen molar-refractivity contribution in [2.24, 2.45) is 0 Å². The normalized spacial score (nSPS) is 16.8. The van der Waals surface area contributed by atoms with Crippen LogP contribution < -0.4 is 9.47 Å². The lowest BCUT2D eigenvalue weighted by atomic mass is 10.0. The quantitative estimate of drug-likeness (QED) is 0.587. The molecule has 2 heterocycles. The van der Waals surface area contributed by atoms with E-state index in [1.54, 1.807) is 31.4 Å². The van der Waals surface area contributed by atoms with Crippen LogP contribution in [0.15, 0.2) is 48.4 Å². The van der Waals surface area contributed by atoms with E-state index in [1.807, 2.05) is 34.1 Å². The van der Waals surface area contributed by atoms with E-state index in [9.17, 15) is 9.90 Å². The smallest absolute Gasteiger partial charge is 0.237 e. The van der Waals surface area contributed by atoms with Crippen molar-refractivity contribution >= 4 is 17.2 Å². The Kier molecular flexibility index (Phi) is 7.90. The maximum Gasteiger partial charge on any atom is 0.237 e. The summed E-state index contributed by atoms with van der Waals surface area (Å²) in [6.07, 6.45) is 2.11. The number of carbonyl (C=O) groups is 1. The molecule has 2 atom stereocenters. The molecule has 1 aromatic carbocycles. The van der Waals surface area contributed by atoms with Crippen molar-refractivity contribution in [1.29, 1.82) is 0 Å². The number of hydrogen-bond acceptors (Lipinski definition) is 6. The highest BCUT2D eigenvalue weighted by molar-refractivity contribution is 7.10. The van der Waals surface area contributed by atoms with E-state index in [2.05, 4.69) is 18.0 Å². The number of rotatable bonds is 10. The first-order valence-corrected chi connectivity index (χ1v) is 11.0. The van der Waals surface area contributed by atoms with Crippen LogP contribution in [-0.2, 0) is 11.2 Å². The van der Waals surface area contributed by atoms with Crippen molar-refractivity contribution < 1.29 is 19.4 Å². The van der Waals surface area contributed by atoms with Crippen LogP contribution in [0.5, 0.6) is 11.5 Å². The van der Waals surface area contributed by atoms with E-state index in [4.69, 9.17) is 9.47 Å². The number of fused-ring (bicyclic) bond motifs is 1. The minimum Gasteiger partial charge on any atom is -0.497 e. The molecule has 1 aliphatic heterocycles. The molecule has 0 radical (unpaired) electrons. The summed E-state index contributed by atoms with van der Waals surface area (Å²) in [4.78, 5) is 18.4. The summed E-state index contributed by atoms with van der Waals surface area (Å²) in [5.41, 5.74) is 1.17. The van der Waals surface area contributed by atoms with Gasteiger partial charge in [-0.25, -0.2) is 0 Å². The maximum absolute atomic E-state index is 13.2. The molecule has 0 unspecified atom stereocenters. The predicted molar refractivity (Wildman–Crippen MR) is 119 cm³/mol. The molecule has 30 heavy (non-hydrogen) atoms. The van der Waals surface area contributed by atoms with Crippen LogP contribution in [0.4, 0.5) is 0 Å². The average Bonchev–Trinajstić information content (AvgIpc) is 3.21. The van der Waals surface area contributed by atoms with Gasteiger partial charge in [-0.1, -0.05) is 6.08 Å². The zero-order chi connectivity index (χ0) is 21.5. The van der Waals surface area contributed by atoms with Crippen molar-refractivity contribution in [3.8, 4) is 11.5 Å². The van der Waals surface area contributed by atoms with Gasteiger partial charge >= 0.3 is 0 Å². The van der Waals surface area contributed by atoms with Crippen LogP contribution in [0, 0.1) is 0 Å². The zero-order valence-corrected chi connectivity index (χ0v) is 18.4. The van der Waals surface area contributed by atoms with Crippen molar-refractivity contribution in [3.05, 3.63) is 58.8 Å². The highest BCUT2D eigenvalue weighted by Gasteiger charge is 2.32. The zero-order valence-electron chi connectivity index (χ0n) is 17.6. The fourth-order valence-electron chi connectivity index (χ4n) is 3.76. The number of methoxy groups -OCH3 is 1. The van der Waals surface area contributed by atoms with Crippen LogP contribution in [0.3, 0.4) is 0 Å².